The lowest BCUT2D eigenvalue weighted by atomic mass is 10.1. The van der Waals surface area contributed by atoms with Crippen LogP contribution < -0.4 is 10.6 Å². The van der Waals surface area contributed by atoms with Crippen molar-refractivity contribution in [2.75, 3.05) is 26.2 Å². The molecule has 28 heavy (non-hydrogen) atoms. The molecule has 1 heterocycles. The second-order valence-electron chi connectivity index (χ2n) is 6.31. The van der Waals surface area contributed by atoms with Crippen molar-refractivity contribution in [2.45, 2.75) is 11.3 Å². The Hall–Kier alpha value is -2.23. The Morgan fingerprint density at radius 1 is 1.14 bits per heavy atom. The Bertz CT molecular complexity index is 977. The molecule has 0 atom stereocenters. The summed E-state index contributed by atoms with van der Waals surface area (Å²) in [5.74, 6) is -0.593. The van der Waals surface area contributed by atoms with E-state index in [2.05, 4.69) is 26.6 Å². The van der Waals surface area contributed by atoms with Gasteiger partial charge in [-0.1, -0.05) is 34.1 Å². The SMILES string of the molecule is O=C1CN(S(=O)(=O)c2ccc(C(=O)NCCc3ccccc3Br)cc2)CCN1. The molecule has 0 bridgehead atoms. The maximum atomic E-state index is 12.6. The lowest BCUT2D eigenvalue weighted by molar-refractivity contribution is -0.122. The summed E-state index contributed by atoms with van der Waals surface area (Å²) < 4.78 is 27.4. The Kier molecular flexibility index (Phi) is 6.48. The van der Waals surface area contributed by atoms with E-state index in [-0.39, 0.29) is 36.3 Å². The fraction of sp³-hybridized carbons (Fsp3) is 0.263. The summed E-state index contributed by atoms with van der Waals surface area (Å²) in [5.41, 5.74) is 1.47. The number of rotatable bonds is 6. The van der Waals surface area contributed by atoms with E-state index >= 15 is 0 Å². The summed E-state index contributed by atoms with van der Waals surface area (Å²) in [6.45, 7) is 0.783. The highest BCUT2D eigenvalue weighted by molar-refractivity contribution is 9.10. The molecule has 0 saturated carbocycles. The van der Waals surface area contributed by atoms with E-state index in [0.29, 0.717) is 18.5 Å². The number of hydrogen-bond donors (Lipinski definition) is 2. The van der Waals surface area contributed by atoms with E-state index in [1.54, 1.807) is 0 Å². The summed E-state index contributed by atoms with van der Waals surface area (Å²) >= 11 is 3.47. The molecule has 0 spiro atoms. The van der Waals surface area contributed by atoms with E-state index in [1.807, 2.05) is 24.3 Å². The molecular formula is C19H20BrN3O4S. The summed E-state index contributed by atoms with van der Waals surface area (Å²) in [4.78, 5) is 23.8. The fourth-order valence-electron chi connectivity index (χ4n) is 2.86. The zero-order valence-corrected chi connectivity index (χ0v) is 17.4. The first-order chi connectivity index (χ1) is 13.4. The van der Waals surface area contributed by atoms with Gasteiger partial charge in [0.15, 0.2) is 0 Å². The number of carbonyl (C=O) groups excluding carboxylic acids is 2. The average molecular weight is 466 g/mol. The second kappa shape index (κ2) is 8.85. The number of piperazine rings is 1. The maximum absolute atomic E-state index is 12.6. The first kappa shape index (κ1) is 20.5. The smallest absolute Gasteiger partial charge is 0.251 e. The second-order valence-corrected chi connectivity index (χ2v) is 9.10. The van der Waals surface area contributed by atoms with Crippen LogP contribution in [0.2, 0.25) is 0 Å². The van der Waals surface area contributed by atoms with Gasteiger partial charge in [0.2, 0.25) is 15.9 Å². The minimum atomic E-state index is -3.76. The van der Waals surface area contributed by atoms with Gasteiger partial charge >= 0.3 is 0 Å². The van der Waals surface area contributed by atoms with Gasteiger partial charge in [0.1, 0.15) is 0 Å². The molecule has 1 aliphatic rings. The zero-order chi connectivity index (χ0) is 20.1. The van der Waals surface area contributed by atoms with Crippen molar-refractivity contribution < 1.29 is 18.0 Å². The highest BCUT2D eigenvalue weighted by atomic mass is 79.9. The predicted molar refractivity (Wildman–Crippen MR) is 108 cm³/mol. The number of nitrogens with zero attached hydrogens (tertiary/aromatic N) is 1. The van der Waals surface area contributed by atoms with Crippen LogP contribution in [0.15, 0.2) is 57.9 Å². The van der Waals surface area contributed by atoms with Gasteiger partial charge in [-0.15, -0.1) is 0 Å². The lowest BCUT2D eigenvalue weighted by Gasteiger charge is -2.25. The van der Waals surface area contributed by atoms with Gasteiger partial charge in [-0.25, -0.2) is 8.42 Å². The first-order valence-corrected chi connectivity index (χ1v) is 11.0. The minimum Gasteiger partial charge on any atom is -0.354 e. The van der Waals surface area contributed by atoms with E-state index in [0.717, 1.165) is 14.3 Å². The third-order valence-corrected chi connectivity index (χ3v) is 7.03. The van der Waals surface area contributed by atoms with Crippen molar-refractivity contribution in [3.8, 4) is 0 Å². The van der Waals surface area contributed by atoms with Gasteiger partial charge in [-0.3, -0.25) is 9.59 Å². The molecule has 2 amide bonds. The average Bonchev–Trinajstić information content (AvgIpc) is 2.69. The quantitative estimate of drug-likeness (QED) is 0.676. The van der Waals surface area contributed by atoms with Gasteiger partial charge in [0.05, 0.1) is 11.4 Å². The summed E-state index contributed by atoms with van der Waals surface area (Å²) in [7, 11) is -3.76. The Balaban J connectivity index is 1.61. The van der Waals surface area contributed by atoms with Gasteiger partial charge in [-0.05, 0) is 42.3 Å². The van der Waals surface area contributed by atoms with Crippen LogP contribution in [0.3, 0.4) is 0 Å². The highest BCUT2D eigenvalue weighted by Gasteiger charge is 2.29. The van der Waals surface area contributed by atoms with Gasteiger partial charge in [0.25, 0.3) is 5.91 Å². The van der Waals surface area contributed by atoms with Crippen molar-refractivity contribution in [1.82, 2.24) is 14.9 Å². The van der Waals surface area contributed by atoms with E-state index in [4.69, 9.17) is 0 Å². The molecule has 148 valence electrons. The topological polar surface area (TPSA) is 95.6 Å². The molecule has 2 aromatic carbocycles. The summed E-state index contributed by atoms with van der Waals surface area (Å²) in [6.07, 6.45) is 0.677. The normalized spacial score (nSPS) is 15.1. The fourth-order valence-corrected chi connectivity index (χ4v) is 4.74. The molecule has 2 aromatic rings. The molecule has 9 heteroatoms. The van der Waals surface area contributed by atoms with Crippen LogP contribution in [0.5, 0.6) is 0 Å². The van der Waals surface area contributed by atoms with Gasteiger partial charge in [0, 0.05) is 29.7 Å². The van der Waals surface area contributed by atoms with Crippen LogP contribution in [-0.4, -0.2) is 50.7 Å². The number of halogens is 1. The van der Waals surface area contributed by atoms with Crippen LogP contribution in [0, 0.1) is 0 Å². The molecule has 0 aromatic heterocycles. The van der Waals surface area contributed by atoms with Crippen molar-refractivity contribution in [3.05, 3.63) is 64.1 Å². The molecule has 1 aliphatic heterocycles. The molecule has 0 aliphatic carbocycles. The number of sulfonamides is 1. The molecule has 7 nitrogen and oxygen atoms in total. The zero-order valence-electron chi connectivity index (χ0n) is 15.0. The van der Waals surface area contributed by atoms with Crippen LogP contribution in [-0.2, 0) is 21.2 Å². The van der Waals surface area contributed by atoms with Crippen molar-refractivity contribution in [1.29, 1.82) is 0 Å². The predicted octanol–water partition coefficient (Wildman–Crippen LogP) is 1.54. The van der Waals surface area contributed by atoms with E-state index in [9.17, 15) is 18.0 Å². The maximum Gasteiger partial charge on any atom is 0.251 e. The molecule has 0 radical (unpaired) electrons. The third kappa shape index (κ3) is 4.78. The van der Waals surface area contributed by atoms with Crippen molar-refractivity contribution in [3.63, 3.8) is 0 Å². The van der Waals surface area contributed by atoms with Crippen molar-refractivity contribution >= 4 is 37.8 Å². The number of benzene rings is 2. The van der Waals surface area contributed by atoms with Crippen LogP contribution >= 0.6 is 15.9 Å². The highest BCUT2D eigenvalue weighted by Crippen LogP contribution is 2.18. The first-order valence-electron chi connectivity index (χ1n) is 8.76. The molecule has 1 fully saturated rings. The number of nitrogens with one attached hydrogen (secondary N) is 2. The van der Waals surface area contributed by atoms with Crippen molar-refractivity contribution in [2.24, 2.45) is 0 Å². The Labute approximate surface area is 172 Å². The van der Waals surface area contributed by atoms with Gasteiger partial charge in [-0.2, -0.15) is 4.31 Å². The molecule has 0 unspecified atom stereocenters. The van der Waals surface area contributed by atoms with Crippen LogP contribution in [0.4, 0.5) is 0 Å². The largest absolute Gasteiger partial charge is 0.354 e. The minimum absolute atomic E-state index is 0.0620. The van der Waals surface area contributed by atoms with Crippen LogP contribution in [0.25, 0.3) is 0 Å². The summed E-state index contributed by atoms with van der Waals surface area (Å²) in [6, 6.07) is 13.5. The molecule has 3 rings (SSSR count). The van der Waals surface area contributed by atoms with E-state index < -0.39 is 10.0 Å². The molecule has 2 N–H and O–H groups in total. The van der Waals surface area contributed by atoms with Gasteiger partial charge < -0.3 is 10.6 Å². The van der Waals surface area contributed by atoms with E-state index in [1.165, 1.54) is 24.3 Å². The third-order valence-electron chi connectivity index (χ3n) is 4.40. The standard InChI is InChI=1S/C19H20BrN3O4S/c20-17-4-2-1-3-14(17)9-10-22-19(25)15-5-7-16(8-6-15)28(26,27)23-12-11-21-18(24)13-23/h1-8H,9-13H2,(H,21,24)(H,22,25). The number of amides is 2. The number of carbonyl (C=O) groups is 2. The molecule has 1 saturated heterocycles. The Morgan fingerprint density at radius 2 is 1.86 bits per heavy atom. The lowest BCUT2D eigenvalue weighted by Crippen LogP contribution is -2.49. The van der Waals surface area contributed by atoms with Crippen LogP contribution in [0.1, 0.15) is 15.9 Å². The Morgan fingerprint density at radius 3 is 2.54 bits per heavy atom. The number of hydrogen-bond acceptors (Lipinski definition) is 4. The summed E-state index contributed by atoms with van der Waals surface area (Å²) in [5, 5.41) is 5.42. The molecular weight excluding hydrogens is 446 g/mol. The monoisotopic (exact) mass is 465 g/mol.